The molecular formula is C21H24N2O7S2. The molecular weight excluding hydrogens is 456 g/mol. The number of thioether (sulfide) groups is 1. The molecule has 0 saturated heterocycles. The van der Waals surface area contributed by atoms with Crippen LogP contribution in [0.3, 0.4) is 0 Å². The first-order valence-electron chi connectivity index (χ1n) is 10.0. The molecule has 2 heterocycles. The average Bonchev–Trinajstić information content (AvgIpc) is 3.27. The lowest BCUT2D eigenvalue weighted by Gasteiger charge is -2.21. The molecule has 0 aliphatic carbocycles. The lowest BCUT2D eigenvalue weighted by molar-refractivity contribution is -0.122. The molecule has 1 amide bonds. The van der Waals surface area contributed by atoms with E-state index < -0.39 is 22.0 Å². The number of hydrogen-bond donors (Lipinski definition) is 2. The van der Waals surface area contributed by atoms with Crippen molar-refractivity contribution < 1.29 is 32.2 Å². The van der Waals surface area contributed by atoms with Gasteiger partial charge in [0.1, 0.15) is 19.3 Å². The minimum Gasteiger partial charge on any atom is -0.486 e. The maximum atomic E-state index is 13.0. The van der Waals surface area contributed by atoms with Gasteiger partial charge in [0.15, 0.2) is 23.0 Å². The first-order chi connectivity index (χ1) is 15.5. The number of nitrogens with one attached hydrogen (secondary N) is 2. The van der Waals surface area contributed by atoms with E-state index in [1.807, 2.05) is 12.3 Å². The summed E-state index contributed by atoms with van der Waals surface area (Å²) in [6, 6.07) is 8.87. The number of carbonyl (C=O) groups excluding carboxylic acids is 1. The van der Waals surface area contributed by atoms with E-state index >= 15 is 0 Å². The van der Waals surface area contributed by atoms with E-state index in [-0.39, 0.29) is 18.2 Å². The molecule has 32 heavy (non-hydrogen) atoms. The molecule has 172 valence electrons. The Morgan fingerprint density at radius 2 is 1.69 bits per heavy atom. The molecule has 9 nitrogen and oxygen atoms in total. The molecule has 2 N–H and O–H groups in total. The van der Waals surface area contributed by atoms with Crippen LogP contribution in [0.4, 0.5) is 0 Å². The molecule has 1 unspecified atom stereocenters. The molecule has 0 bridgehead atoms. The summed E-state index contributed by atoms with van der Waals surface area (Å²) < 4.78 is 50.0. The Balaban J connectivity index is 1.44. The first-order valence-corrected chi connectivity index (χ1v) is 12.9. The molecule has 0 fully saturated rings. The Bertz CT molecular complexity index is 1090. The zero-order chi connectivity index (χ0) is 22.6. The van der Waals surface area contributed by atoms with E-state index in [0.29, 0.717) is 48.4 Å². The zero-order valence-corrected chi connectivity index (χ0v) is 19.1. The third kappa shape index (κ3) is 5.22. The van der Waals surface area contributed by atoms with Gasteiger partial charge in [-0.25, -0.2) is 8.42 Å². The van der Waals surface area contributed by atoms with Crippen LogP contribution in [0.25, 0.3) is 0 Å². The van der Waals surface area contributed by atoms with Gasteiger partial charge in [0, 0.05) is 12.6 Å². The fourth-order valence-corrected chi connectivity index (χ4v) is 5.01. The second-order valence-corrected chi connectivity index (χ2v) is 9.87. The maximum Gasteiger partial charge on any atom is 0.241 e. The summed E-state index contributed by atoms with van der Waals surface area (Å²) >= 11 is 1.53. The van der Waals surface area contributed by atoms with Gasteiger partial charge >= 0.3 is 0 Å². The highest BCUT2D eigenvalue weighted by Crippen LogP contribution is 2.33. The normalized spacial score (nSPS) is 15.3. The lowest BCUT2D eigenvalue weighted by Crippen LogP contribution is -2.46. The second-order valence-electron chi connectivity index (χ2n) is 7.17. The summed E-state index contributed by atoms with van der Waals surface area (Å²) in [6.07, 6.45) is 2.24. The quantitative estimate of drug-likeness (QED) is 0.560. The largest absolute Gasteiger partial charge is 0.486 e. The molecule has 2 aromatic rings. The highest BCUT2D eigenvalue weighted by molar-refractivity contribution is 7.98. The van der Waals surface area contributed by atoms with Crippen LogP contribution in [0.5, 0.6) is 23.0 Å². The fourth-order valence-electron chi connectivity index (χ4n) is 3.29. The minimum absolute atomic E-state index is 0.0134. The van der Waals surface area contributed by atoms with Crippen molar-refractivity contribution >= 4 is 27.7 Å². The molecule has 4 rings (SSSR count). The SMILES string of the molecule is CSCCC(NS(=O)(=O)c1ccc2c(c1)OCCO2)C(=O)NCc1ccc2c(c1)OCO2. The molecule has 2 aliphatic heterocycles. The Hall–Kier alpha value is -2.63. The van der Waals surface area contributed by atoms with Crippen molar-refractivity contribution in [2.75, 3.05) is 32.0 Å². The van der Waals surface area contributed by atoms with Gasteiger partial charge in [0.2, 0.25) is 22.7 Å². The zero-order valence-electron chi connectivity index (χ0n) is 17.5. The van der Waals surface area contributed by atoms with Crippen molar-refractivity contribution in [2.45, 2.75) is 23.9 Å². The monoisotopic (exact) mass is 480 g/mol. The Labute approximate surface area is 190 Å². The van der Waals surface area contributed by atoms with Gasteiger partial charge in [-0.3, -0.25) is 4.79 Å². The Morgan fingerprint density at radius 1 is 1.00 bits per heavy atom. The van der Waals surface area contributed by atoms with Crippen LogP contribution in [0.15, 0.2) is 41.3 Å². The summed E-state index contributed by atoms with van der Waals surface area (Å²) in [5, 5.41) is 2.81. The molecule has 2 aromatic carbocycles. The van der Waals surface area contributed by atoms with Crippen molar-refractivity contribution in [1.82, 2.24) is 10.0 Å². The van der Waals surface area contributed by atoms with Crippen LogP contribution in [-0.2, 0) is 21.4 Å². The number of ether oxygens (including phenoxy) is 4. The molecule has 2 aliphatic rings. The van der Waals surface area contributed by atoms with E-state index in [2.05, 4.69) is 10.0 Å². The summed E-state index contributed by atoms with van der Waals surface area (Å²) in [7, 11) is -3.95. The highest BCUT2D eigenvalue weighted by Gasteiger charge is 2.27. The predicted molar refractivity (Wildman–Crippen MR) is 119 cm³/mol. The Morgan fingerprint density at radius 3 is 2.50 bits per heavy atom. The standard InChI is InChI=1S/C21H24N2O7S2/c1-31-9-6-16(21(24)22-12-14-2-4-18-19(10-14)30-13-29-18)23-32(25,26)15-3-5-17-20(11-15)28-8-7-27-17/h2-5,10-11,16,23H,6-9,12-13H2,1H3,(H,22,24). The minimum atomic E-state index is -3.95. The van der Waals surface area contributed by atoms with Gasteiger partial charge in [0.25, 0.3) is 0 Å². The van der Waals surface area contributed by atoms with Gasteiger partial charge < -0.3 is 24.3 Å². The van der Waals surface area contributed by atoms with E-state index in [1.54, 1.807) is 18.2 Å². The third-order valence-electron chi connectivity index (χ3n) is 4.95. The highest BCUT2D eigenvalue weighted by atomic mass is 32.2. The number of benzene rings is 2. The molecule has 11 heteroatoms. The van der Waals surface area contributed by atoms with Crippen molar-refractivity contribution in [3.8, 4) is 23.0 Å². The third-order valence-corrected chi connectivity index (χ3v) is 7.07. The molecule has 0 aromatic heterocycles. The van der Waals surface area contributed by atoms with Crippen LogP contribution in [0.1, 0.15) is 12.0 Å². The lowest BCUT2D eigenvalue weighted by atomic mass is 10.2. The second kappa shape index (κ2) is 9.88. The van der Waals surface area contributed by atoms with Crippen LogP contribution in [0.2, 0.25) is 0 Å². The molecule has 1 atom stereocenters. The number of amides is 1. The predicted octanol–water partition coefficient (Wildman–Crippen LogP) is 1.90. The number of carbonyl (C=O) groups is 1. The van der Waals surface area contributed by atoms with E-state index in [1.165, 1.54) is 23.9 Å². The number of hydrogen-bond acceptors (Lipinski definition) is 8. The Kier molecular flexibility index (Phi) is 6.97. The van der Waals surface area contributed by atoms with Gasteiger partial charge in [-0.05, 0) is 48.3 Å². The van der Waals surface area contributed by atoms with Crippen LogP contribution < -0.4 is 29.0 Å². The maximum absolute atomic E-state index is 13.0. The summed E-state index contributed by atoms with van der Waals surface area (Å²) in [5.41, 5.74) is 0.820. The summed E-state index contributed by atoms with van der Waals surface area (Å²) in [6.45, 7) is 1.17. The van der Waals surface area contributed by atoms with Crippen LogP contribution in [0, 0.1) is 0 Å². The summed E-state index contributed by atoms with van der Waals surface area (Å²) in [5.74, 6) is 2.35. The van der Waals surface area contributed by atoms with Gasteiger partial charge in [-0.1, -0.05) is 6.07 Å². The molecule has 0 spiro atoms. The van der Waals surface area contributed by atoms with E-state index in [0.717, 1.165) is 5.56 Å². The average molecular weight is 481 g/mol. The number of sulfonamides is 1. The number of fused-ring (bicyclic) bond motifs is 2. The van der Waals surface area contributed by atoms with E-state index in [4.69, 9.17) is 18.9 Å². The van der Waals surface area contributed by atoms with Crippen molar-refractivity contribution in [3.05, 3.63) is 42.0 Å². The van der Waals surface area contributed by atoms with Crippen LogP contribution in [-0.4, -0.2) is 52.4 Å². The van der Waals surface area contributed by atoms with Gasteiger partial charge in [-0.15, -0.1) is 0 Å². The molecule has 0 saturated carbocycles. The number of rotatable bonds is 9. The topological polar surface area (TPSA) is 112 Å². The van der Waals surface area contributed by atoms with Gasteiger partial charge in [0.05, 0.1) is 4.90 Å². The van der Waals surface area contributed by atoms with E-state index in [9.17, 15) is 13.2 Å². The van der Waals surface area contributed by atoms with Gasteiger partial charge in [-0.2, -0.15) is 16.5 Å². The summed E-state index contributed by atoms with van der Waals surface area (Å²) in [4.78, 5) is 12.9. The smallest absolute Gasteiger partial charge is 0.241 e. The first kappa shape index (κ1) is 22.6. The van der Waals surface area contributed by atoms with Crippen molar-refractivity contribution in [3.63, 3.8) is 0 Å². The van der Waals surface area contributed by atoms with Crippen molar-refractivity contribution in [1.29, 1.82) is 0 Å². The molecule has 0 radical (unpaired) electrons. The van der Waals surface area contributed by atoms with Crippen LogP contribution >= 0.6 is 11.8 Å². The van der Waals surface area contributed by atoms with Crippen molar-refractivity contribution in [2.24, 2.45) is 0 Å². The fraction of sp³-hybridized carbons (Fsp3) is 0.381.